The Morgan fingerprint density at radius 2 is 2.00 bits per heavy atom. The molecule has 5 heteroatoms. The van der Waals surface area contributed by atoms with Crippen molar-refractivity contribution in [3.63, 3.8) is 0 Å². The number of halogens is 1. The Kier molecular flexibility index (Phi) is 3.19. The van der Waals surface area contributed by atoms with Crippen LogP contribution in [-0.2, 0) is 9.59 Å². The molecule has 0 radical (unpaired) electrons. The van der Waals surface area contributed by atoms with Crippen LogP contribution in [0, 0.1) is 5.92 Å². The number of carboxylic acid groups (broad SMARTS) is 1. The van der Waals surface area contributed by atoms with E-state index in [1.165, 1.54) is 4.90 Å². The molecular formula is C12H12BrNO3. The fourth-order valence-electron chi connectivity index (χ4n) is 2.21. The fourth-order valence-corrected chi connectivity index (χ4v) is 2.47. The van der Waals surface area contributed by atoms with Crippen LogP contribution in [-0.4, -0.2) is 28.9 Å². The summed E-state index contributed by atoms with van der Waals surface area (Å²) < 4.78 is 0.931. The normalized spacial score (nSPS) is 24.1. The maximum absolute atomic E-state index is 11.6. The molecular weight excluding hydrogens is 286 g/mol. The minimum atomic E-state index is -0.921. The molecule has 1 aromatic carbocycles. The number of likely N-dealkylation sites (tertiary alicyclic amines) is 1. The quantitative estimate of drug-likeness (QED) is 0.909. The summed E-state index contributed by atoms with van der Waals surface area (Å²) in [7, 11) is 1.65. The number of carboxylic acids is 1. The summed E-state index contributed by atoms with van der Waals surface area (Å²) in [4.78, 5) is 24.3. The van der Waals surface area contributed by atoms with Crippen molar-refractivity contribution >= 4 is 27.8 Å². The van der Waals surface area contributed by atoms with E-state index in [-0.39, 0.29) is 18.4 Å². The first-order valence-electron chi connectivity index (χ1n) is 5.24. The molecule has 1 aliphatic heterocycles. The summed E-state index contributed by atoms with van der Waals surface area (Å²) in [5, 5.41) is 9.15. The zero-order chi connectivity index (χ0) is 12.6. The molecule has 1 N–H and O–H groups in total. The lowest BCUT2D eigenvalue weighted by Gasteiger charge is -2.23. The number of rotatable bonds is 2. The predicted molar refractivity (Wildman–Crippen MR) is 65.4 cm³/mol. The third kappa shape index (κ3) is 2.20. The SMILES string of the molecule is CN1C(=O)C[C@@H](C(=O)O)[C@H]1c1ccc(Br)cc1. The molecule has 1 amide bonds. The van der Waals surface area contributed by atoms with Crippen LogP contribution in [0.2, 0.25) is 0 Å². The van der Waals surface area contributed by atoms with E-state index in [4.69, 9.17) is 5.11 Å². The second-order valence-electron chi connectivity index (χ2n) is 4.15. The molecule has 2 atom stereocenters. The zero-order valence-electron chi connectivity index (χ0n) is 9.26. The summed E-state index contributed by atoms with van der Waals surface area (Å²) in [5.74, 6) is -1.70. The van der Waals surface area contributed by atoms with Crippen molar-refractivity contribution in [3.8, 4) is 0 Å². The summed E-state index contributed by atoms with van der Waals surface area (Å²) in [6.07, 6.45) is 0.0760. The van der Waals surface area contributed by atoms with Crippen LogP contribution < -0.4 is 0 Å². The Labute approximate surface area is 107 Å². The molecule has 0 aromatic heterocycles. The maximum atomic E-state index is 11.6. The highest BCUT2D eigenvalue weighted by molar-refractivity contribution is 9.10. The van der Waals surface area contributed by atoms with Gasteiger partial charge >= 0.3 is 5.97 Å². The van der Waals surface area contributed by atoms with Crippen molar-refractivity contribution in [1.82, 2.24) is 4.90 Å². The van der Waals surface area contributed by atoms with Crippen LogP contribution in [0.25, 0.3) is 0 Å². The average molecular weight is 298 g/mol. The standard InChI is InChI=1S/C12H12BrNO3/c1-14-10(15)6-9(12(16)17)11(14)7-2-4-8(13)5-3-7/h2-5,9,11H,6H2,1H3,(H,16,17)/t9-,11-/m1/s1. The second kappa shape index (κ2) is 4.49. The molecule has 0 spiro atoms. The van der Waals surface area contributed by atoms with Gasteiger partial charge in [-0.15, -0.1) is 0 Å². The van der Waals surface area contributed by atoms with E-state index in [0.717, 1.165) is 10.0 Å². The molecule has 0 aliphatic carbocycles. The highest BCUT2D eigenvalue weighted by atomic mass is 79.9. The van der Waals surface area contributed by atoms with Crippen molar-refractivity contribution < 1.29 is 14.7 Å². The van der Waals surface area contributed by atoms with Crippen molar-refractivity contribution in [2.75, 3.05) is 7.05 Å². The lowest BCUT2D eigenvalue weighted by molar-refractivity contribution is -0.142. The van der Waals surface area contributed by atoms with Crippen molar-refractivity contribution in [1.29, 1.82) is 0 Å². The van der Waals surface area contributed by atoms with Crippen LogP contribution in [0.1, 0.15) is 18.0 Å². The monoisotopic (exact) mass is 297 g/mol. The Morgan fingerprint density at radius 3 is 2.53 bits per heavy atom. The first-order chi connectivity index (χ1) is 8.00. The van der Waals surface area contributed by atoms with E-state index in [1.807, 2.05) is 24.3 Å². The molecule has 0 bridgehead atoms. The van der Waals surface area contributed by atoms with Gasteiger partial charge in [-0.25, -0.2) is 0 Å². The van der Waals surface area contributed by atoms with Gasteiger partial charge < -0.3 is 10.0 Å². The number of hydrogen-bond donors (Lipinski definition) is 1. The molecule has 1 saturated heterocycles. The van der Waals surface area contributed by atoms with Crippen LogP contribution in [0.15, 0.2) is 28.7 Å². The molecule has 1 aliphatic rings. The van der Waals surface area contributed by atoms with E-state index < -0.39 is 11.9 Å². The number of hydrogen-bond acceptors (Lipinski definition) is 2. The van der Waals surface area contributed by atoms with Crippen molar-refractivity contribution in [2.45, 2.75) is 12.5 Å². The lowest BCUT2D eigenvalue weighted by Crippen LogP contribution is -2.26. The van der Waals surface area contributed by atoms with Gasteiger partial charge in [0.05, 0.1) is 12.0 Å². The van der Waals surface area contributed by atoms with E-state index in [1.54, 1.807) is 7.05 Å². The highest BCUT2D eigenvalue weighted by Gasteiger charge is 2.42. The Hall–Kier alpha value is -1.36. The van der Waals surface area contributed by atoms with Crippen LogP contribution >= 0.6 is 15.9 Å². The highest BCUT2D eigenvalue weighted by Crippen LogP contribution is 2.37. The minimum absolute atomic E-state index is 0.0760. The zero-order valence-corrected chi connectivity index (χ0v) is 10.8. The third-order valence-corrected chi connectivity index (χ3v) is 3.64. The van der Waals surface area contributed by atoms with Crippen LogP contribution in [0.3, 0.4) is 0 Å². The number of carbonyl (C=O) groups is 2. The van der Waals surface area contributed by atoms with Crippen LogP contribution in [0.5, 0.6) is 0 Å². The Bertz CT molecular complexity index is 457. The molecule has 1 aromatic rings. The van der Waals surface area contributed by atoms with E-state index in [2.05, 4.69) is 15.9 Å². The van der Waals surface area contributed by atoms with Crippen LogP contribution in [0.4, 0.5) is 0 Å². The first kappa shape index (κ1) is 12.1. The van der Waals surface area contributed by atoms with Gasteiger partial charge in [0.25, 0.3) is 0 Å². The smallest absolute Gasteiger partial charge is 0.309 e. The maximum Gasteiger partial charge on any atom is 0.309 e. The van der Waals surface area contributed by atoms with Gasteiger partial charge in [0.2, 0.25) is 5.91 Å². The molecule has 1 fully saturated rings. The van der Waals surface area contributed by atoms with Gasteiger partial charge in [0, 0.05) is 17.9 Å². The van der Waals surface area contributed by atoms with Crippen molar-refractivity contribution in [3.05, 3.63) is 34.3 Å². The molecule has 0 unspecified atom stereocenters. The van der Waals surface area contributed by atoms with Gasteiger partial charge in [0.15, 0.2) is 0 Å². The summed E-state index contributed by atoms with van der Waals surface area (Å²) >= 11 is 3.33. The Morgan fingerprint density at radius 1 is 1.41 bits per heavy atom. The number of amides is 1. The summed E-state index contributed by atoms with van der Waals surface area (Å²) in [5.41, 5.74) is 0.856. The van der Waals surface area contributed by atoms with Gasteiger partial charge in [-0.05, 0) is 17.7 Å². The number of aliphatic carboxylic acids is 1. The third-order valence-electron chi connectivity index (χ3n) is 3.12. The van der Waals surface area contributed by atoms with E-state index in [9.17, 15) is 9.59 Å². The van der Waals surface area contributed by atoms with E-state index in [0.29, 0.717) is 0 Å². The summed E-state index contributed by atoms with van der Waals surface area (Å²) in [6.45, 7) is 0. The lowest BCUT2D eigenvalue weighted by atomic mass is 9.94. The van der Waals surface area contributed by atoms with Gasteiger partial charge in [-0.3, -0.25) is 9.59 Å². The average Bonchev–Trinajstić information content (AvgIpc) is 2.57. The molecule has 0 saturated carbocycles. The van der Waals surface area contributed by atoms with Gasteiger partial charge in [0.1, 0.15) is 0 Å². The molecule has 17 heavy (non-hydrogen) atoms. The number of carbonyl (C=O) groups excluding carboxylic acids is 1. The number of benzene rings is 1. The van der Waals surface area contributed by atoms with Gasteiger partial charge in [-0.2, -0.15) is 0 Å². The van der Waals surface area contributed by atoms with Gasteiger partial charge in [-0.1, -0.05) is 28.1 Å². The fraction of sp³-hybridized carbons (Fsp3) is 0.333. The topological polar surface area (TPSA) is 57.6 Å². The Balaban J connectivity index is 2.37. The largest absolute Gasteiger partial charge is 0.481 e. The molecule has 2 rings (SSSR count). The summed E-state index contributed by atoms with van der Waals surface area (Å²) in [6, 6.07) is 7.03. The predicted octanol–water partition coefficient (Wildman–Crippen LogP) is 2.05. The number of nitrogens with zero attached hydrogens (tertiary/aromatic N) is 1. The second-order valence-corrected chi connectivity index (χ2v) is 5.07. The first-order valence-corrected chi connectivity index (χ1v) is 6.04. The van der Waals surface area contributed by atoms with Crippen molar-refractivity contribution in [2.24, 2.45) is 5.92 Å². The minimum Gasteiger partial charge on any atom is -0.481 e. The van der Waals surface area contributed by atoms with E-state index >= 15 is 0 Å². The molecule has 90 valence electrons. The molecule has 4 nitrogen and oxygen atoms in total. The molecule has 1 heterocycles.